The van der Waals surface area contributed by atoms with Gasteiger partial charge in [-0.05, 0) is 45.5 Å². The number of hydrogen-bond acceptors (Lipinski definition) is 2. The largest absolute Gasteiger partial charge is 0.256 e. The van der Waals surface area contributed by atoms with Gasteiger partial charge in [-0.3, -0.25) is 9.97 Å². The second kappa shape index (κ2) is 11.1. The van der Waals surface area contributed by atoms with Gasteiger partial charge in [-0.15, -0.1) is 0 Å². The molecule has 2 aromatic heterocycles. The van der Waals surface area contributed by atoms with Crippen molar-refractivity contribution < 1.29 is 0 Å². The highest BCUT2D eigenvalue weighted by Gasteiger charge is 2.22. The van der Waals surface area contributed by atoms with Gasteiger partial charge >= 0.3 is 0 Å². The molecule has 44 heavy (non-hydrogen) atoms. The Morgan fingerprint density at radius 3 is 1.05 bits per heavy atom. The number of hydrogen-bond donors (Lipinski definition) is 0. The minimum atomic E-state index is 0.967. The number of benzene rings is 6. The molecule has 6 aromatic carbocycles. The first-order valence-corrected chi connectivity index (χ1v) is 14.9. The fourth-order valence-corrected chi connectivity index (χ4v) is 6.41. The maximum atomic E-state index is 5.01. The van der Waals surface area contributed by atoms with Crippen LogP contribution in [-0.2, 0) is 0 Å². The summed E-state index contributed by atoms with van der Waals surface area (Å²) in [6.07, 6.45) is 4.08. The second-order valence-corrected chi connectivity index (χ2v) is 11.0. The van der Waals surface area contributed by atoms with Gasteiger partial charge in [0, 0.05) is 45.4 Å². The third-order valence-electron chi connectivity index (χ3n) is 8.40. The van der Waals surface area contributed by atoms with Crippen LogP contribution in [0.3, 0.4) is 0 Å². The summed E-state index contributed by atoms with van der Waals surface area (Å²) in [6, 6.07) is 55.6. The molecule has 206 valence electrons. The number of pyridine rings is 2. The molecular weight excluding hydrogens is 532 g/mol. The lowest BCUT2D eigenvalue weighted by Gasteiger charge is -2.21. The smallest absolute Gasteiger partial charge is 0.0708 e. The molecule has 0 N–H and O–H groups in total. The number of nitrogens with zero attached hydrogens (tertiary/aromatic N) is 2. The molecule has 0 bridgehead atoms. The van der Waals surface area contributed by atoms with Crippen molar-refractivity contribution in [2.45, 2.75) is 0 Å². The zero-order valence-electron chi connectivity index (χ0n) is 24.1. The van der Waals surface area contributed by atoms with Gasteiger partial charge in [-0.2, -0.15) is 0 Å². The van der Waals surface area contributed by atoms with E-state index >= 15 is 0 Å². The Balaban J connectivity index is 1.50. The van der Waals surface area contributed by atoms with Crippen LogP contribution in [0, 0.1) is 0 Å². The summed E-state index contributed by atoms with van der Waals surface area (Å²) in [5, 5.41) is 2.23. The number of rotatable bonds is 5. The van der Waals surface area contributed by atoms with Crippen LogP contribution in [0.1, 0.15) is 0 Å². The van der Waals surface area contributed by atoms with Crippen LogP contribution < -0.4 is 0 Å². The molecule has 0 saturated heterocycles. The third-order valence-corrected chi connectivity index (χ3v) is 8.40. The summed E-state index contributed by atoms with van der Waals surface area (Å²) in [6.45, 7) is 0. The van der Waals surface area contributed by atoms with E-state index in [1.807, 2.05) is 12.4 Å². The van der Waals surface area contributed by atoms with Crippen molar-refractivity contribution in [3.8, 4) is 55.6 Å². The van der Waals surface area contributed by atoms with Crippen LogP contribution in [0.2, 0.25) is 0 Å². The molecule has 2 nitrogen and oxygen atoms in total. The van der Waals surface area contributed by atoms with Crippen LogP contribution in [0.4, 0.5) is 0 Å². The van der Waals surface area contributed by atoms with Crippen molar-refractivity contribution in [2.75, 3.05) is 0 Å². The summed E-state index contributed by atoms with van der Waals surface area (Å²) < 4.78 is 0. The Morgan fingerprint density at radius 2 is 0.614 bits per heavy atom. The molecule has 0 unspecified atom stereocenters. The summed E-state index contributed by atoms with van der Waals surface area (Å²) >= 11 is 0. The van der Waals surface area contributed by atoms with Crippen molar-refractivity contribution >= 4 is 21.8 Å². The first-order chi connectivity index (χ1) is 21.9. The molecule has 0 radical (unpaired) electrons. The molecular formula is C42H28N2. The Labute approximate surface area is 257 Å². The maximum Gasteiger partial charge on any atom is 0.0708 e. The first kappa shape index (κ1) is 25.8. The number of para-hydroxylation sites is 2. The normalized spacial score (nSPS) is 11.2. The van der Waals surface area contributed by atoms with Gasteiger partial charge in [0.25, 0.3) is 0 Å². The molecule has 2 heteroatoms. The second-order valence-electron chi connectivity index (χ2n) is 11.0. The lowest BCUT2D eigenvalue weighted by molar-refractivity contribution is 1.37. The van der Waals surface area contributed by atoms with E-state index in [2.05, 4.69) is 158 Å². The minimum absolute atomic E-state index is 0.967. The molecule has 0 saturated carbocycles. The van der Waals surface area contributed by atoms with Crippen LogP contribution >= 0.6 is 0 Å². The molecule has 0 aliphatic rings. The van der Waals surface area contributed by atoms with Crippen LogP contribution in [0.5, 0.6) is 0 Å². The fourth-order valence-electron chi connectivity index (χ4n) is 6.41. The van der Waals surface area contributed by atoms with E-state index in [1.54, 1.807) is 0 Å². The standard InChI is InChI=1S/C42H28N2/c1-3-15-29(16-4-1)31-19-7-9-21-33(31)41-35-23-11-13-25-39(35)43-27-37(41)38-28-44-40-26-14-12-24-36(40)42(38)34-22-10-8-20-32(34)30-17-5-2-6-18-30/h1-28H. The van der Waals surface area contributed by atoms with Gasteiger partial charge in [-0.25, -0.2) is 0 Å². The SMILES string of the molecule is c1ccc(-c2ccccc2-c2c(-c3cnc4ccccc4c3-c3ccccc3-c3ccccc3)cnc3ccccc23)cc1. The van der Waals surface area contributed by atoms with Gasteiger partial charge < -0.3 is 0 Å². The molecule has 8 aromatic rings. The van der Waals surface area contributed by atoms with Crippen molar-refractivity contribution in [3.63, 3.8) is 0 Å². The predicted octanol–water partition coefficient (Wildman–Crippen LogP) is 11.1. The molecule has 0 fully saturated rings. The Morgan fingerprint density at radius 1 is 0.273 bits per heavy atom. The van der Waals surface area contributed by atoms with Gasteiger partial charge in [0.05, 0.1) is 11.0 Å². The van der Waals surface area contributed by atoms with E-state index in [0.717, 1.165) is 44.1 Å². The van der Waals surface area contributed by atoms with E-state index in [0.29, 0.717) is 0 Å². The molecule has 0 aliphatic heterocycles. The average molecular weight is 561 g/mol. The molecule has 0 spiro atoms. The van der Waals surface area contributed by atoms with E-state index < -0.39 is 0 Å². The first-order valence-electron chi connectivity index (χ1n) is 14.9. The molecule has 2 heterocycles. The monoisotopic (exact) mass is 560 g/mol. The van der Waals surface area contributed by atoms with Crippen molar-refractivity contribution in [2.24, 2.45) is 0 Å². The number of fused-ring (bicyclic) bond motifs is 2. The third kappa shape index (κ3) is 4.45. The maximum absolute atomic E-state index is 5.01. The highest BCUT2D eigenvalue weighted by atomic mass is 14.7. The highest BCUT2D eigenvalue weighted by molar-refractivity contribution is 6.11. The van der Waals surface area contributed by atoms with Gasteiger partial charge in [0.2, 0.25) is 0 Å². The zero-order valence-corrected chi connectivity index (χ0v) is 24.1. The zero-order chi connectivity index (χ0) is 29.3. The Kier molecular flexibility index (Phi) is 6.51. The summed E-state index contributed by atoms with van der Waals surface area (Å²) in [5.74, 6) is 0. The van der Waals surface area contributed by atoms with Gasteiger partial charge in [0.15, 0.2) is 0 Å². The van der Waals surface area contributed by atoms with Crippen LogP contribution in [0.15, 0.2) is 170 Å². The number of aromatic nitrogens is 2. The van der Waals surface area contributed by atoms with Crippen molar-refractivity contribution in [1.29, 1.82) is 0 Å². The summed E-state index contributed by atoms with van der Waals surface area (Å²) in [4.78, 5) is 10.0. The summed E-state index contributed by atoms with van der Waals surface area (Å²) in [5.41, 5.74) is 13.4. The average Bonchev–Trinajstić information content (AvgIpc) is 3.11. The highest BCUT2D eigenvalue weighted by Crippen LogP contribution is 2.47. The molecule has 0 amide bonds. The van der Waals surface area contributed by atoms with Crippen molar-refractivity contribution in [1.82, 2.24) is 9.97 Å². The lowest BCUT2D eigenvalue weighted by atomic mass is 9.84. The Bertz CT molecular complexity index is 2110. The molecule has 0 aliphatic carbocycles. The predicted molar refractivity (Wildman–Crippen MR) is 184 cm³/mol. The van der Waals surface area contributed by atoms with Crippen LogP contribution in [-0.4, -0.2) is 9.97 Å². The Hall–Kier alpha value is -5.86. The van der Waals surface area contributed by atoms with Gasteiger partial charge in [-0.1, -0.05) is 146 Å². The van der Waals surface area contributed by atoms with Gasteiger partial charge in [0.1, 0.15) is 0 Å². The van der Waals surface area contributed by atoms with E-state index in [1.165, 1.54) is 33.4 Å². The topological polar surface area (TPSA) is 25.8 Å². The quantitative estimate of drug-likeness (QED) is 0.209. The molecule has 0 atom stereocenters. The van der Waals surface area contributed by atoms with Crippen molar-refractivity contribution in [3.05, 3.63) is 170 Å². The molecule has 8 rings (SSSR count). The van der Waals surface area contributed by atoms with E-state index in [9.17, 15) is 0 Å². The van der Waals surface area contributed by atoms with Crippen LogP contribution in [0.25, 0.3) is 77.4 Å². The fraction of sp³-hybridized carbons (Fsp3) is 0. The van der Waals surface area contributed by atoms with E-state index in [4.69, 9.17) is 9.97 Å². The van der Waals surface area contributed by atoms with E-state index in [-0.39, 0.29) is 0 Å². The minimum Gasteiger partial charge on any atom is -0.256 e. The lowest BCUT2D eigenvalue weighted by Crippen LogP contribution is -1.97. The summed E-state index contributed by atoms with van der Waals surface area (Å²) in [7, 11) is 0.